The van der Waals surface area contributed by atoms with Gasteiger partial charge in [-0.25, -0.2) is 4.79 Å². The van der Waals surface area contributed by atoms with Gasteiger partial charge in [0.2, 0.25) is 0 Å². The minimum Gasteiger partial charge on any atom is -0.481 e. The second-order valence-electron chi connectivity index (χ2n) is 4.22. The van der Waals surface area contributed by atoms with Gasteiger partial charge in [-0.15, -0.1) is 0 Å². The van der Waals surface area contributed by atoms with Crippen molar-refractivity contribution < 1.29 is 14.7 Å². The van der Waals surface area contributed by atoms with E-state index in [4.69, 9.17) is 10.8 Å². The number of amides is 2. The highest BCUT2D eigenvalue weighted by Gasteiger charge is 2.38. The first-order valence-corrected chi connectivity index (χ1v) is 5.10. The molecule has 0 spiro atoms. The number of aliphatic carboxylic acids is 1. The van der Waals surface area contributed by atoms with Crippen LogP contribution in [0.25, 0.3) is 0 Å². The molecule has 84 valence electrons. The lowest BCUT2D eigenvalue weighted by atomic mass is 10.0. The largest absolute Gasteiger partial charge is 0.481 e. The molecule has 2 aliphatic rings. The molecule has 0 aromatic carbocycles. The number of carboxylic acid groups (broad SMARTS) is 1. The standard InChI is InChI=1S/C9H15N3O3/c10-7-1-2-11(5-7)9(15)12-3-6(4-12)8(13)14/h6-7H,1-5,10H2,(H,13,14). The molecule has 2 saturated heterocycles. The highest BCUT2D eigenvalue weighted by atomic mass is 16.4. The molecule has 3 N–H and O–H groups in total. The number of carbonyl (C=O) groups is 2. The first-order valence-electron chi connectivity index (χ1n) is 5.10. The van der Waals surface area contributed by atoms with Crippen LogP contribution >= 0.6 is 0 Å². The molecular weight excluding hydrogens is 198 g/mol. The van der Waals surface area contributed by atoms with Crippen molar-refractivity contribution in [1.29, 1.82) is 0 Å². The number of nitrogens with two attached hydrogens (primary N) is 1. The summed E-state index contributed by atoms with van der Waals surface area (Å²) < 4.78 is 0. The first kappa shape index (κ1) is 10.2. The normalized spacial score (nSPS) is 26.6. The predicted octanol–water partition coefficient (Wildman–Crippen LogP) is -0.844. The lowest BCUT2D eigenvalue weighted by Gasteiger charge is -2.38. The van der Waals surface area contributed by atoms with Crippen LogP contribution < -0.4 is 5.73 Å². The summed E-state index contributed by atoms with van der Waals surface area (Å²) in [5.41, 5.74) is 5.69. The molecule has 1 unspecified atom stereocenters. The number of hydrogen-bond acceptors (Lipinski definition) is 3. The highest BCUT2D eigenvalue weighted by molar-refractivity contribution is 5.80. The van der Waals surface area contributed by atoms with Crippen LogP contribution in [-0.4, -0.2) is 59.1 Å². The van der Waals surface area contributed by atoms with E-state index in [1.54, 1.807) is 9.80 Å². The second kappa shape index (κ2) is 3.69. The van der Waals surface area contributed by atoms with Gasteiger partial charge < -0.3 is 20.6 Å². The Morgan fingerprint density at radius 1 is 1.20 bits per heavy atom. The van der Waals surface area contributed by atoms with Crippen LogP contribution in [0.3, 0.4) is 0 Å². The van der Waals surface area contributed by atoms with Gasteiger partial charge in [-0.05, 0) is 6.42 Å². The van der Waals surface area contributed by atoms with Gasteiger partial charge in [0.15, 0.2) is 0 Å². The quantitative estimate of drug-likeness (QED) is 0.594. The summed E-state index contributed by atoms with van der Waals surface area (Å²) in [4.78, 5) is 25.6. The van der Waals surface area contributed by atoms with Crippen molar-refractivity contribution in [2.75, 3.05) is 26.2 Å². The van der Waals surface area contributed by atoms with Gasteiger partial charge in [-0.2, -0.15) is 0 Å². The number of carbonyl (C=O) groups excluding carboxylic acids is 1. The molecule has 15 heavy (non-hydrogen) atoms. The van der Waals surface area contributed by atoms with Crippen LogP contribution in [0, 0.1) is 5.92 Å². The fraction of sp³-hybridized carbons (Fsp3) is 0.778. The molecule has 2 aliphatic heterocycles. The molecule has 6 heteroatoms. The van der Waals surface area contributed by atoms with E-state index < -0.39 is 5.97 Å². The van der Waals surface area contributed by atoms with E-state index >= 15 is 0 Å². The fourth-order valence-electron chi connectivity index (χ4n) is 1.95. The van der Waals surface area contributed by atoms with E-state index in [9.17, 15) is 9.59 Å². The summed E-state index contributed by atoms with van der Waals surface area (Å²) in [5.74, 6) is -1.21. The van der Waals surface area contributed by atoms with E-state index in [0.717, 1.165) is 6.42 Å². The molecule has 0 aromatic rings. The molecule has 0 saturated carbocycles. The van der Waals surface area contributed by atoms with E-state index in [0.29, 0.717) is 26.2 Å². The van der Waals surface area contributed by atoms with Gasteiger partial charge >= 0.3 is 12.0 Å². The number of urea groups is 1. The Bertz CT molecular complexity index is 288. The summed E-state index contributed by atoms with van der Waals surface area (Å²) >= 11 is 0. The van der Waals surface area contributed by atoms with Crippen molar-refractivity contribution >= 4 is 12.0 Å². The van der Waals surface area contributed by atoms with Gasteiger partial charge in [0.05, 0.1) is 5.92 Å². The van der Waals surface area contributed by atoms with Crippen molar-refractivity contribution in [2.45, 2.75) is 12.5 Å². The van der Waals surface area contributed by atoms with E-state index in [2.05, 4.69) is 0 Å². The van der Waals surface area contributed by atoms with Gasteiger partial charge in [0.25, 0.3) is 0 Å². The Balaban J connectivity index is 1.81. The molecule has 2 fully saturated rings. The van der Waals surface area contributed by atoms with Crippen LogP contribution in [-0.2, 0) is 4.79 Å². The molecule has 0 radical (unpaired) electrons. The summed E-state index contributed by atoms with van der Waals surface area (Å²) in [6.07, 6.45) is 0.835. The summed E-state index contributed by atoms with van der Waals surface area (Å²) in [7, 11) is 0. The first-order chi connectivity index (χ1) is 7.08. The van der Waals surface area contributed by atoms with Crippen molar-refractivity contribution in [2.24, 2.45) is 11.7 Å². The zero-order chi connectivity index (χ0) is 11.0. The number of nitrogens with zero attached hydrogens (tertiary/aromatic N) is 2. The van der Waals surface area contributed by atoms with Gasteiger partial charge in [-0.3, -0.25) is 4.79 Å². The zero-order valence-corrected chi connectivity index (χ0v) is 8.43. The highest BCUT2D eigenvalue weighted by Crippen LogP contribution is 2.19. The average Bonchev–Trinajstić information content (AvgIpc) is 2.48. The monoisotopic (exact) mass is 213 g/mol. The van der Waals surface area contributed by atoms with Crippen LogP contribution in [0.2, 0.25) is 0 Å². The SMILES string of the molecule is NC1CCN(C(=O)N2CC(C(=O)O)C2)C1. The third-order valence-electron chi connectivity index (χ3n) is 3.00. The van der Waals surface area contributed by atoms with E-state index in [-0.39, 0.29) is 18.0 Å². The molecule has 2 amide bonds. The van der Waals surface area contributed by atoms with Gasteiger partial charge in [0, 0.05) is 32.2 Å². The van der Waals surface area contributed by atoms with Crippen LogP contribution in [0.15, 0.2) is 0 Å². The number of carboxylic acids is 1. The maximum Gasteiger partial charge on any atom is 0.320 e. The van der Waals surface area contributed by atoms with E-state index in [1.165, 1.54) is 0 Å². The molecule has 6 nitrogen and oxygen atoms in total. The zero-order valence-electron chi connectivity index (χ0n) is 8.43. The Morgan fingerprint density at radius 3 is 2.33 bits per heavy atom. The molecular formula is C9H15N3O3. The molecule has 0 aliphatic carbocycles. The predicted molar refractivity (Wildman–Crippen MR) is 52.3 cm³/mol. The van der Waals surface area contributed by atoms with Crippen molar-refractivity contribution in [1.82, 2.24) is 9.80 Å². The van der Waals surface area contributed by atoms with E-state index in [1.807, 2.05) is 0 Å². The molecule has 2 rings (SSSR count). The number of rotatable bonds is 1. The Kier molecular flexibility index (Phi) is 2.52. The maximum atomic E-state index is 11.7. The fourth-order valence-corrected chi connectivity index (χ4v) is 1.95. The molecule has 2 heterocycles. The van der Waals surface area contributed by atoms with Crippen LogP contribution in [0.1, 0.15) is 6.42 Å². The van der Waals surface area contributed by atoms with Gasteiger partial charge in [0.1, 0.15) is 0 Å². The average molecular weight is 213 g/mol. The maximum absolute atomic E-state index is 11.7. The second-order valence-corrected chi connectivity index (χ2v) is 4.22. The number of likely N-dealkylation sites (tertiary alicyclic amines) is 2. The topological polar surface area (TPSA) is 86.9 Å². The minimum absolute atomic E-state index is 0.0690. The smallest absolute Gasteiger partial charge is 0.320 e. The summed E-state index contributed by atoms with van der Waals surface area (Å²) in [5, 5.41) is 8.67. The van der Waals surface area contributed by atoms with Crippen LogP contribution in [0.4, 0.5) is 4.79 Å². The van der Waals surface area contributed by atoms with Crippen LogP contribution in [0.5, 0.6) is 0 Å². The Labute approximate surface area is 87.6 Å². The summed E-state index contributed by atoms with van der Waals surface area (Å²) in [6.45, 7) is 1.95. The minimum atomic E-state index is -0.822. The number of hydrogen-bond donors (Lipinski definition) is 2. The third kappa shape index (κ3) is 1.90. The van der Waals surface area contributed by atoms with Crippen molar-refractivity contribution in [3.8, 4) is 0 Å². The molecule has 0 bridgehead atoms. The van der Waals surface area contributed by atoms with Gasteiger partial charge in [-0.1, -0.05) is 0 Å². The van der Waals surface area contributed by atoms with Crippen molar-refractivity contribution in [3.05, 3.63) is 0 Å². The Morgan fingerprint density at radius 2 is 1.87 bits per heavy atom. The molecule has 0 aromatic heterocycles. The third-order valence-corrected chi connectivity index (χ3v) is 3.00. The summed E-state index contributed by atoms with van der Waals surface area (Å²) in [6, 6.07) is 0.00551. The Hall–Kier alpha value is -1.30. The van der Waals surface area contributed by atoms with Crippen molar-refractivity contribution in [3.63, 3.8) is 0 Å². The lowest BCUT2D eigenvalue weighted by molar-refractivity contribution is -0.146. The molecule has 1 atom stereocenters. The lowest BCUT2D eigenvalue weighted by Crippen LogP contribution is -2.56.